The number of thiocarbonyl (C=S) groups is 1. The first kappa shape index (κ1) is 23.2. The molecule has 0 aliphatic heterocycles. The summed E-state index contributed by atoms with van der Waals surface area (Å²) in [7, 11) is 0. The maximum absolute atomic E-state index is 13.0. The number of alkyl halides is 3. The van der Waals surface area contributed by atoms with E-state index in [-0.39, 0.29) is 22.0 Å². The summed E-state index contributed by atoms with van der Waals surface area (Å²) in [5.74, 6) is -1.22. The summed E-state index contributed by atoms with van der Waals surface area (Å²) in [5, 5.41) is 28.1. The molecule has 4 N–H and O–H groups in total. The van der Waals surface area contributed by atoms with E-state index in [9.17, 15) is 23.1 Å². The van der Waals surface area contributed by atoms with Crippen molar-refractivity contribution < 1.29 is 28.2 Å². The van der Waals surface area contributed by atoms with Gasteiger partial charge >= 0.3 is 12.1 Å². The Morgan fingerprint density at radius 2 is 1.84 bits per heavy atom. The zero-order valence-corrected chi connectivity index (χ0v) is 18.0. The number of hydrogen-bond donors (Lipinski definition) is 4. The van der Waals surface area contributed by atoms with Crippen molar-refractivity contribution in [1.82, 2.24) is 5.43 Å². The number of nitrogens with one attached hydrogen (secondary N) is 2. The summed E-state index contributed by atoms with van der Waals surface area (Å²) >= 11 is 6.24. The molecule has 166 valence electrons. The third kappa shape index (κ3) is 5.42. The molecule has 0 radical (unpaired) electrons. The summed E-state index contributed by atoms with van der Waals surface area (Å²) in [5.41, 5.74) is 3.45. The van der Waals surface area contributed by atoms with Gasteiger partial charge in [-0.1, -0.05) is 12.1 Å². The van der Waals surface area contributed by atoms with Crippen LogP contribution in [0.3, 0.4) is 0 Å². The van der Waals surface area contributed by atoms with E-state index in [1.807, 2.05) is 0 Å². The second-order valence-corrected chi connectivity index (χ2v) is 7.84. The van der Waals surface area contributed by atoms with E-state index in [0.29, 0.717) is 21.8 Å². The SMILES string of the molecule is C/C(=N\NC(=S)Nc1ccc(C(=O)O)cc1)c1csc(-c2cccc(C(F)(F)F)c2)c1O. The molecule has 0 aliphatic carbocycles. The van der Waals surface area contributed by atoms with Crippen molar-refractivity contribution in [2.45, 2.75) is 13.1 Å². The third-order valence-electron chi connectivity index (χ3n) is 4.32. The van der Waals surface area contributed by atoms with Crippen molar-refractivity contribution in [2.75, 3.05) is 5.32 Å². The lowest BCUT2D eigenvalue weighted by atomic mass is 10.1. The van der Waals surface area contributed by atoms with Crippen molar-refractivity contribution >= 4 is 46.0 Å². The van der Waals surface area contributed by atoms with Crippen LogP contribution in [0.2, 0.25) is 0 Å². The molecule has 0 spiro atoms. The molecule has 3 rings (SSSR count). The van der Waals surface area contributed by atoms with Crippen molar-refractivity contribution in [3.63, 3.8) is 0 Å². The van der Waals surface area contributed by atoms with Gasteiger partial charge in [0.2, 0.25) is 0 Å². The Morgan fingerprint density at radius 3 is 2.47 bits per heavy atom. The normalized spacial score (nSPS) is 11.8. The molecule has 2 aromatic carbocycles. The van der Waals surface area contributed by atoms with Crippen molar-refractivity contribution in [3.05, 3.63) is 70.6 Å². The van der Waals surface area contributed by atoms with Crippen LogP contribution in [0.25, 0.3) is 10.4 Å². The van der Waals surface area contributed by atoms with Crippen LogP contribution in [-0.2, 0) is 6.18 Å². The lowest BCUT2D eigenvalue weighted by Crippen LogP contribution is -2.24. The maximum Gasteiger partial charge on any atom is 0.416 e. The number of aromatic carboxylic acids is 1. The Bertz CT molecular complexity index is 1190. The van der Waals surface area contributed by atoms with Crippen LogP contribution in [0, 0.1) is 0 Å². The fourth-order valence-electron chi connectivity index (χ4n) is 2.70. The van der Waals surface area contributed by atoms with Gasteiger partial charge in [0, 0.05) is 11.1 Å². The Kier molecular flexibility index (Phi) is 6.80. The van der Waals surface area contributed by atoms with Gasteiger partial charge in [0.25, 0.3) is 0 Å². The molecule has 0 fully saturated rings. The van der Waals surface area contributed by atoms with Gasteiger partial charge in [-0.15, -0.1) is 11.3 Å². The Hall–Kier alpha value is -3.44. The summed E-state index contributed by atoms with van der Waals surface area (Å²) in [4.78, 5) is 11.2. The first-order valence-corrected chi connectivity index (χ1v) is 10.3. The number of hydrogen-bond acceptors (Lipinski definition) is 5. The minimum absolute atomic E-state index is 0.125. The highest BCUT2D eigenvalue weighted by Crippen LogP contribution is 2.40. The smallest absolute Gasteiger partial charge is 0.416 e. The molecule has 0 saturated heterocycles. The number of halogens is 3. The van der Waals surface area contributed by atoms with Gasteiger partial charge in [0.1, 0.15) is 5.75 Å². The Labute approximate surface area is 190 Å². The fraction of sp³-hybridized carbons (Fsp3) is 0.0952. The quantitative estimate of drug-likeness (QED) is 0.218. The predicted molar refractivity (Wildman–Crippen MR) is 121 cm³/mol. The number of anilines is 1. The average Bonchev–Trinajstić information content (AvgIpc) is 3.13. The number of hydrazone groups is 1. The van der Waals surface area contributed by atoms with E-state index in [2.05, 4.69) is 15.8 Å². The number of aromatic hydroxyl groups is 1. The van der Waals surface area contributed by atoms with E-state index in [1.165, 1.54) is 24.3 Å². The van der Waals surface area contributed by atoms with Crippen LogP contribution < -0.4 is 10.7 Å². The van der Waals surface area contributed by atoms with Crippen molar-refractivity contribution in [1.29, 1.82) is 0 Å². The summed E-state index contributed by atoms with van der Waals surface area (Å²) < 4.78 is 38.9. The standard InChI is InChI=1S/C21H16F3N3O3S2/c1-11(26-27-20(31)25-15-7-5-12(6-8-15)19(29)30)16-10-32-18(17(16)28)13-3-2-4-14(9-13)21(22,23)24/h2-10,28H,1H3,(H,29,30)(H2,25,27,31)/b26-11+. The van der Waals surface area contributed by atoms with Crippen LogP contribution in [0.1, 0.15) is 28.4 Å². The van der Waals surface area contributed by atoms with Gasteiger partial charge in [0.05, 0.1) is 27.3 Å². The largest absolute Gasteiger partial charge is 0.506 e. The highest BCUT2D eigenvalue weighted by atomic mass is 32.1. The minimum atomic E-state index is -4.48. The number of carbonyl (C=O) groups is 1. The predicted octanol–water partition coefficient (Wildman–Crippen LogP) is 5.55. The maximum atomic E-state index is 13.0. The molecule has 32 heavy (non-hydrogen) atoms. The van der Waals surface area contributed by atoms with Gasteiger partial charge in [-0.2, -0.15) is 18.3 Å². The second kappa shape index (κ2) is 9.37. The topological polar surface area (TPSA) is 94.0 Å². The van der Waals surface area contributed by atoms with Gasteiger partial charge in [0.15, 0.2) is 5.11 Å². The third-order valence-corrected chi connectivity index (χ3v) is 5.53. The molecule has 3 aromatic rings. The van der Waals surface area contributed by atoms with Gasteiger partial charge in [-0.25, -0.2) is 4.79 Å². The molecule has 0 aliphatic rings. The zero-order valence-electron chi connectivity index (χ0n) is 16.4. The zero-order chi connectivity index (χ0) is 23.5. The van der Waals surface area contributed by atoms with Gasteiger partial charge in [-0.05, 0) is 61.1 Å². The van der Waals surface area contributed by atoms with E-state index in [4.69, 9.17) is 17.3 Å². The molecule has 0 amide bonds. The number of carboxylic acid groups (broad SMARTS) is 1. The van der Waals surface area contributed by atoms with Crippen LogP contribution in [0.15, 0.2) is 59.0 Å². The lowest BCUT2D eigenvalue weighted by molar-refractivity contribution is -0.137. The Balaban J connectivity index is 1.72. The van der Waals surface area contributed by atoms with E-state index in [1.54, 1.807) is 24.4 Å². The van der Waals surface area contributed by atoms with Crippen LogP contribution in [0.4, 0.5) is 18.9 Å². The highest BCUT2D eigenvalue weighted by Gasteiger charge is 2.30. The van der Waals surface area contributed by atoms with Crippen molar-refractivity contribution in [2.24, 2.45) is 5.10 Å². The van der Waals surface area contributed by atoms with E-state index >= 15 is 0 Å². The highest BCUT2D eigenvalue weighted by molar-refractivity contribution is 7.80. The van der Waals surface area contributed by atoms with E-state index in [0.717, 1.165) is 23.5 Å². The van der Waals surface area contributed by atoms with Crippen molar-refractivity contribution in [3.8, 4) is 16.2 Å². The number of nitrogens with zero attached hydrogens (tertiary/aromatic N) is 1. The first-order valence-electron chi connectivity index (χ1n) is 8.99. The second-order valence-electron chi connectivity index (χ2n) is 6.55. The van der Waals surface area contributed by atoms with E-state index < -0.39 is 17.7 Å². The van der Waals surface area contributed by atoms with Gasteiger partial charge in [-0.3, -0.25) is 5.43 Å². The number of benzene rings is 2. The molecule has 11 heteroatoms. The minimum Gasteiger partial charge on any atom is -0.506 e. The average molecular weight is 480 g/mol. The first-order chi connectivity index (χ1) is 15.1. The molecule has 0 unspecified atom stereocenters. The monoisotopic (exact) mass is 479 g/mol. The summed E-state index contributed by atoms with van der Waals surface area (Å²) in [6, 6.07) is 10.6. The van der Waals surface area contributed by atoms with Crippen LogP contribution >= 0.6 is 23.6 Å². The summed E-state index contributed by atoms with van der Waals surface area (Å²) in [6.07, 6.45) is -4.48. The molecular formula is C21H16F3N3O3S2. The molecule has 0 bridgehead atoms. The molecule has 0 saturated carbocycles. The summed E-state index contributed by atoms with van der Waals surface area (Å²) in [6.45, 7) is 1.61. The van der Waals surface area contributed by atoms with Crippen LogP contribution in [-0.4, -0.2) is 27.0 Å². The molecular weight excluding hydrogens is 463 g/mol. The van der Waals surface area contributed by atoms with Gasteiger partial charge < -0.3 is 15.5 Å². The molecule has 0 atom stereocenters. The Morgan fingerprint density at radius 1 is 1.16 bits per heavy atom. The molecule has 1 aromatic heterocycles. The number of rotatable bonds is 5. The lowest BCUT2D eigenvalue weighted by Gasteiger charge is -2.09. The number of thiophene rings is 1. The number of carboxylic acids is 1. The van der Waals surface area contributed by atoms with Crippen LogP contribution in [0.5, 0.6) is 5.75 Å². The molecule has 1 heterocycles. The fourth-order valence-corrected chi connectivity index (χ4v) is 3.87. The molecule has 6 nitrogen and oxygen atoms in total.